The number of methoxy groups -OCH3 is 2. The van der Waals surface area contributed by atoms with Gasteiger partial charge in [-0.1, -0.05) is 59.3 Å². The first kappa shape index (κ1) is 16.0. The smallest absolute Gasteiger partial charge is 0.145 e. The molecule has 2 nitrogen and oxygen atoms in total. The van der Waals surface area contributed by atoms with Crippen LogP contribution in [0.5, 0.6) is 11.5 Å². The molecule has 0 amide bonds. The molecular formula is C16H22BrClO2. The van der Waals surface area contributed by atoms with Gasteiger partial charge >= 0.3 is 0 Å². The van der Waals surface area contributed by atoms with Gasteiger partial charge in [0, 0.05) is 10.4 Å². The lowest BCUT2D eigenvalue weighted by atomic mass is 9.92. The third kappa shape index (κ3) is 3.43. The van der Waals surface area contributed by atoms with E-state index in [0.717, 1.165) is 11.3 Å². The Morgan fingerprint density at radius 1 is 1.10 bits per heavy atom. The molecule has 1 aromatic rings. The second-order valence-electron chi connectivity index (χ2n) is 5.36. The Hall–Kier alpha value is -0.410. The normalized spacial score (nSPS) is 18.4. The first-order chi connectivity index (χ1) is 9.69. The monoisotopic (exact) mass is 360 g/mol. The Bertz CT molecular complexity index is 442. The van der Waals surface area contributed by atoms with Crippen molar-refractivity contribution in [3.63, 3.8) is 0 Å². The lowest BCUT2D eigenvalue weighted by Gasteiger charge is -2.24. The van der Waals surface area contributed by atoms with Gasteiger partial charge in [0.05, 0.1) is 14.2 Å². The fraction of sp³-hybridized carbons (Fsp3) is 0.625. The van der Waals surface area contributed by atoms with Crippen molar-refractivity contribution in [2.24, 2.45) is 5.92 Å². The van der Waals surface area contributed by atoms with Gasteiger partial charge in [-0.3, -0.25) is 0 Å². The van der Waals surface area contributed by atoms with E-state index in [0.29, 0.717) is 21.5 Å². The molecule has 0 heterocycles. The van der Waals surface area contributed by atoms with Crippen molar-refractivity contribution in [2.75, 3.05) is 14.2 Å². The van der Waals surface area contributed by atoms with Gasteiger partial charge in [0.2, 0.25) is 0 Å². The van der Waals surface area contributed by atoms with Crippen molar-refractivity contribution in [1.29, 1.82) is 0 Å². The quantitative estimate of drug-likeness (QED) is 0.501. The maximum atomic E-state index is 6.36. The van der Waals surface area contributed by atoms with E-state index < -0.39 is 0 Å². The Morgan fingerprint density at radius 2 is 1.75 bits per heavy atom. The van der Waals surface area contributed by atoms with Crippen LogP contribution in [0.3, 0.4) is 0 Å². The van der Waals surface area contributed by atoms with Crippen LogP contribution in [0.1, 0.15) is 48.9 Å². The topological polar surface area (TPSA) is 18.5 Å². The first-order valence-electron chi connectivity index (χ1n) is 7.23. The van der Waals surface area contributed by atoms with Gasteiger partial charge in [0.15, 0.2) is 0 Å². The fourth-order valence-corrected chi connectivity index (χ4v) is 4.21. The molecule has 0 saturated heterocycles. The average Bonchev–Trinajstić information content (AvgIpc) is 2.75. The van der Waals surface area contributed by atoms with Crippen LogP contribution < -0.4 is 9.47 Å². The summed E-state index contributed by atoms with van der Waals surface area (Å²) in [5, 5.41) is 0.561. The van der Waals surface area contributed by atoms with Crippen molar-refractivity contribution in [1.82, 2.24) is 0 Å². The summed E-state index contributed by atoms with van der Waals surface area (Å²) in [7, 11) is 3.29. The molecule has 1 aliphatic carbocycles. The van der Waals surface area contributed by atoms with Crippen LogP contribution in [0, 0.1) is 5.92 Å². The summed E-state index contributed by atoms with van der Waals surface area (Å²) in [5.41, 5.74) is 1.13. The number of ether oxygens (including phenoxy) is 2. The lowest BCUT2D eigenvalue weighted by Crippen LogP contribution is -2.08. The predicted octanol–water partition coefficient (Wildman–Crippen LogP) is 5.76. The highest BCUT2D eigenvalue weighted by atomic mass is 79.9. The SMILES string of the molecule is COc1ccc(C(Br)C2CCCCCC2)c(OC)c1Cl. The zero-order chi connectivity index (χ0) is 14.5. The third-order valence-corrected chi connectivity index (χ3v) is 5.73. The predicted molar refractivity (Wildman–Crippen MR) is 87.4 cm³/mol. The molecule has 1 aliphatic rings. The van der Waals surface area contributed by atoms with Gasteiger partial charge in [0.1, 0.15) is 16.5 Å². The number of alkyl halides is 1. The summed E-state index contributed by atoms with van der Waals surface area (Å²) in [4.78, 5) is 0.291. The molecule has 0 aliphatic heterocycles. The third-order valence-electron chi connectivity index (χ3n) is 4.13. The van der Waals surface area contributed by atoms with Crippen molar-refractivity contribution < 1.29 is 9.47 Å². The maximum Gasteiger partial charge on any atom is 0.145 e. The van der Waals surface area contributed by atoms with E-state index in [2.05, 4.69) is 22.0 Å². The number of benzene rings is 1. The summed E-state index contributed by atoms with van der Waals surface area (Å²) in [6.07, 6.45) is 7.89. The number of halogens is 2. The van der Waals surface area contributed by atoms with Crippen LogP contribution in [-0.4, -0.2) is 14.2 Å². The molecule has 112 valence electrons. The highest BCUT2D eigenvalue weighted by Gasteiger charge is 2.26. The minimum Gasteiger partial charge on any atom is -0.495 e. The molecule has 20 heavy (non-hydrogen) atoms. The van der Waals surface area contributed by atoms with Crippen LogP contribution in [0.4, 0.5) is 0 Å². The minimum atomic E-state index is 0.291. The van der Waals surface area contributed by atoms with Crippen LogP contribution >= 0.6 is 27.5 Å². The van der Waals surface area contributed by atoms with E-state index in [4.69, 9.17) is 21.1 Å². The Kier molecular flexibility index (Phi) is 6.03. The highest BCUT2D eigenvalue weighted by molar-refractivity contribution is 9.09. The Labute approximate surface area is 134 Å². The van der Waals surface area contributed by atoms with E-state index in [-0.39, 0.29) is 0 Å². The summed E-state index contributed by atoms with van der Waals surface area (Å²) in [5.74, 6) is 2.04. The molecule has 0 spiro atoms. The molecule has 4 heteroatoms. The first-order valence-corrected chi connectivity index (χ1v) is 8.52. The average molecular weight is 362 g/mol. The number of hydrogen-bond donors (Lipinski definition) is 0. The molecule has 1 atom stereocenters. The molecule has 1 saturated carbocycles. The number of hydrogen-bond acceptors (Lipinski definition) is 2. The van der Waals surface area contributed by atoms with E-state index in [1.54, 1.807) is 14.2 Å². The van der Waals surface area contributed by atoms with Gasteiger partial charge in [-0.15, -0.1) is 0 Å². The standard InChI is InChI=1S/C16H22BrClO2/c1-19-13-10-9-12(16(20-2)15(13)18)14(17)11-7-5-3-4-6-8-11/h9-11,14H,3-8H2,1-2H3. The van der Waals surface area contributed by atoms with Crippen LogP contribution in [0.2, 0.25) is 5.02 Å². The summed E-state index contributed by atoms with van der Waals surface area (Å²) in [6, 6.07) is 3.99. The van der Waals surface area contributed by atoms with Gasteiger partial charge in [-0.25, -0.2) is 0 Å². The zero-order valence-corrected chi connectivity index (χ0v) is 14.5. The van der Waals surface area contributed by atoms with Crippen LogP contribution in [-0.2, 0) is 0 Å². The molecule has 1 unspecified atom stereocenters. The lowest BCUT2D eigenvalue weighted by molar-refractivity contribution is 0.383. The summed E-state index contributed by atoms with van der Waals surface area (Å²) >= 11 is 10.2. The largest absolute Gasteiger partial charge is 0.495 e. The van der Waals surface area contributed by atoms with Crippen LogP contribution in [0.15, 0.2) is 12.1 Å². The van der Waals surface area contributed by atoms with Crippen molar-refractivity contribution in [3.05, 3.63) is 22.7 Å². The summed E-state index contributed by atoms with van der Waals surface area (Å²) < 4.78 is 10.8. The van der Waals surface area contributed by atoms with Gasteiger partial charge in [-0.05, 0) is 24.8 Å². The van der Waals surface area contributed by atoms with E-state index in [1.807, 2.05) is 6.07 Å². The molecule has 0 radical (unpaired) electrons. The second-order valence-corrected chi connectivity index (χ2v) is 6.72. The highest BCUT2D eigenvalue weighted by Crippen LogP contribution is 2.47. The van der Waals surface area contributed by atoms with Gasteiger partial charge in [-0.2, -0.15) is 0 Å². The molecule has 2 rings (SSSR count). The van der Waals surface area contributed by atoms with Crippen molar-refractivity contribution in [2.45, 2.75) is 43.4 Å². The van der Waals surface area contributed by atoms with Gasteiger partial charge < -0.3 is 9.47 Å². The molecule has 1 aromatic carbocycles. The zero-order valence-electron chi connectivity index (χ0n) is 12.1. The van der Waals surface area contributed by atoms with E-state index in [1.165, 1.54) is 38.5 Å². The molecular weight excluding hydrogens is 340 g/mol. The van der Waals surface area contributed by atoms with E-state index in [9.17, 15) is 0 Å². The second kappa shape index (κ2) is 7.56. The Morgan fingerprint density at radius 3 is 2.30 bits per heavy atom. The van der Waals surface area contributed by atoms with Crippen molar-refractivity contribution >= 4 is 27.5 Å². The number of rotatable bonds is 4. The van der Waals surface area contributed by atoms with Gasteiger partial charge in [0.25, 0.3) is 0 Å². The van der Waals surface area contributed by atoms with Crippen molar-refractivity contribution in [3.8, 4) is 11.5 Å². The molecule has 0 aromatic heterocycles. The molecule has 1 fully saturated rings. The molecule has 0 bridgehead atoms. The van der Waals surface area contributed by atoms with Crippen LogP contribution in [0.25, 0.3) is 0 Å². The maximum absolute atomic E-state index is 6.36. The Balaban J connectivity index is 2.28. The van der Waals surface area contributed by atoms with E-state index >= 15 is 0 Å². The fourth-order valence-electron chi connectivity index (χ4n) is 2.99. The molecule has 0 N–H and O–H groups in total. The minimum absolute atomic E-state index is 0.291. The summed E-state index contributed by atoms with van der Waals surface area (Å²) in [6.45, 7) is 0.